The van der Waals surface area contributed by atoms with Gasteiger partial charge < -0.3 is 0 Å². The van der Waals surface area contributed by atoms with Gasteiger partial charge in [0.2, 0.25) is 0 Å². The van der Waals surface area contributed by atoms with Crippen LogP contribution in [0.5, 0.6) is 0 Å². The number of aromatic nitrogens is 2. The Morgan fingerprint density at radius 3 is 3.08 bits per heavy atom. The molecule has 0 aliphatic carbocycles. The molecule has 0 unspecified atom stereocenters. The Balaban J connectivity index is 2.79. The number of hydrogen-bond donors (Lipinski definition) is 0. The first-order chi connectivity index (χ1) is 6.36. The maximum Gasteiger partial charge on any atom is 0.150 e. The molecule has 13 heavy (non-hydrogen) atoms. The first-order valence-electron chi connectivity index (χ1n) is 4.26. The molecule has 2 aromatic rings. The summed E-state index contributed by atoms with van der Waals surface area (Å²) in [5.41, 5.74) is 1.73. The number of hydrogen-bond acceptors (Lipinski definition) is 2. The van der Waals surface area contributed by atoms with Crippen LogP contribution in [0.25, 0.3) is 10.9 Å². The molecule has 0 fully saturated rings. The Bertz CT molecular complexity index is 445. The highest BCUT2D eigenvalue weighted by molar-refractivity contribution is 5.96. The molecule has 2 rings (SSSR count). The lowest BCUT2D eigenvalue weighted by atomic mass is 10.1. The quantitative estimate of drug-likeness (QED) is 0.651. The van der Waals surface area contributed by atoms with E-state index in [0.717, 1.165) is 23.7 Å². The minimum absolute atomic E-state index is 0.706. The zero-order valence-corrected chi connectivity index (χ0v) is 7.40. The van der Waals surface area contributed by atoms with Crippen LogP contribution < -0.4 is 0 Å². The zero-order valence-electron chi connectivity index (χ0n) is 7.40. The second-order valence-corrected chi connectivity index (χ2v) is 2.86. The molecule has 0 atom stereocenters. The number of fused-ring (bicyclic) bond motifs is 1. The molecule has 0 radical (unpaired) electrons. The number of carbonyl (C=O) groups excluding carboxylic acids is 1. The number of benzene rings is 1. The fraction of sp³-hybridized carbons (Fsp3) is 0.200. The predicted molar refractivity (Wildman–Crippen MR) is 50.8 cm³/mol. The van der Waals surface area contributed by atoms with E-state index in [9.17, 15) is 4.79 Å². The van der Waals surface area contributed by atoms with E-state index in [1.165, 1.54) is 0 Å². The van der Waals surface area contributed by atoms with Crippen molar-refractivity contribution in [2.24, 2.45) is 0 Å². The van der Waals surface area contributed by atoms with Gasteiger partial charge in [-0.3, -0.25) is 9.48 Å². The molecule has 0 bridgehead atoms. The number of aldehydes is 1. The first-order valence-corrected chi connectivity index (χ1v) is 4.26. The van der Waals surface area contributed by atoms with Gasteiger partial charge in [-0.2, -0.15) is 5.10 Å². The van der Waals surface area contributed by atoms with Crippen LogP contribution in [0, 0.1) is 0 Å². The highest BCUT2D eigenvalue weighted by Gasteiger charge is 2.03. The summed E-state index contributed by atoms with van der Waals surface area (Å²) in [6.45, 7) is 2.85. The van der Waals surface area contributed by atoms with Gasteiger partial charge in [-0.25, -0.2) is 0 Å². The van der Waals surface area contributed by atoms with Gasteiger partial charge in [-0.1, -0.05) is 12.1 Å². The van der Waals surface area contributed by atoms with Crippen LogP contribution in [-0.2, 0) is 6.54 Å². The molecule has 1 aromatic heterocycles. The molecule has 0 saturated carbocycles. The Hall–Kier alpha value is -1.64. The molecule has 3 heteroatoms. The van der Waals surface area contributed by atoms with E-state index in [1.807, 2.05) is 23.7 Å². The van der Waals surface area contributed by atoms with E-state index in [1.54, 1.807) is 12.3 Å². The summed E-state index contributed by atoms with van der Waals surface area (Å²) in [5.74, 6) is 0. The second kappa shape index (κ2) is 3.01. The van der Waals surface area contributed by atoms with Crippen LogP contribution in [-0.4, -0.2) is 16.1 Å². The van der Waals surface area contributed by atoms with Gasteiger partial charge >= 0.3 is 0 Å². The Morgan fingerprint density at radius 2 is 2.38 bits per heavy atom. The van der Waals surface area contributed by atoms with Crippen molar-refractivity contribution in [3.63, 3.8) is 0 Å². The summed E-state index contributed by atoms with van der Waals surface area (Å²) in [6, 6.07) is 5.65. The van der Waals surface area contributed by atoms with Crippen LogP contribution in [0.2, 0.25) is 0 Å². The molecule has 1 aromatic carbocycles. The highest BCUT2D eigenvalue weighted by Crippen LogP contribution is 2.16. The van der Waals surface area contributed by atoms with Crippen LogP contribution in [0.3, 0.4) is 0 Å². The molecule has 0 amide bonds. The van der Waals surface area contributed by atoms with Crippen molar-refractivity contribution < 1.29 is 4.79 Å². The van der Waals surface area contributed by atoms with Crippen LogP contribution in [0.1, 0.15) is 17.3 Å². The van der Waals surface area contributed by atoms with Crippen molar-refractivity contribution >= 4 is 17.2 Å². The van der Waals surface area contributed by atoms with Gasteiger partial charge in [0, 0.05) is 17.5 Å². The topological polar surface area (TPSA) is 34.9 Å². The lowest BCUT2D eigenvalue weighted by Crippen LogP contribution is -1.95. The minimum Gasteiger partial charge on any atom is -0.298 e. The summed E-state index contributed by atoms with van der Waals surface area (Å²) in [5, 5.41) is 5.11. The van der Waals surface area contributed by atoms with Gasteiger partial charge in [0.25, 0.3) is 0 Å². The maximum absolute atomic E-state index is 10.7. The molecule has 0 spiro atoms. The van der Waals surface area contributed by atoms with Gasteiger partial charge in [-0.05, 0) is 13.0 Å². The van der Waals surface area contributed by atoms with Gasteiger partial charge in [0.1, 0.15) is 0 Å². The smallest absolute Gasteiger partial charge is 0.150 e. The molecular weight excluding hydrogens is 164 g/mol. The molecule has 66 valence electrons. The summed E-state index contributed by atoms with van der Waals surface area (Å²) in [6.07, 6.45) is 2.60. The molecule has 0 saturated heterocycles. The third-order valence-corrected chi connectivity index (χ3v) is 2.15. The fourth-order valence-corrected chi connectivity index (χ4v) is 1.48. The van der Waals surface area contributed by atoms with E-state index in [4.69, 9.17) is 0 Å². The monoisotopic (exact) mass is 174 g/mol. The van der Waals surface area contributed by atoms with Crippen molar-refractivity contribution in [2.45, 2.75) is 13.5 Å². The molecule has 1 heterocycles. The number of carbonyl (C=O) groups is 1. The standard InChI is InChI=1S/C10H10N2O/c1-2-12-10-5-3-4-8(7-13)9(10)6-11-12/h3-7H,2H2,1H3. The highest BCUT2D eigenvalue weighted by atomic mass is 16.1. The maximum atomic E-state index is 10.7. The predicted octanol–water partition coefficient (Wildman–Crippen LogP) is 1.87. The molecule has 0 aliphatic rings. The third-order valence-electron chi connectivity index (χ3n) is 2.15. The van der Waals surface area contributed by atoms with E-state index in [2.05, 4.69) is 5.10 Å². The number of rotatable bonds is 2. The fourth-order valence-electron chi connectivity index (χ4n) is 1.48. The van der Waals surface area contributed by atoms with Crippen molar-refractivity contribution in [3.8, 4) is 0 Å². The van der Waals surface area contributed by atoms with Crippen molar-refractivity contribution in [1.29, 1.82) is 0 Å². The van der Waals surface area contributed by atoms with Gasteiger partial charge in [0.15, 0.2) is 6.29 Å². The summed E-state index contributed by atoms with van der Waals surface area (Å²) < 4.78 is 1.88. The average molecular weight is 174 g/mol. The minimum atomic E-state index is 0.706. The molecule has 0 N–H and O–H groups in total. The summed E-state index contributed by atoms with van der Waals surface area (Å²) >= 11 is 0. The largest absolute Gasteiger partial charge is 0.298 e. The Labute approximate surface area is 76.0 Å². The Kier molecular flexibility index (Phi) is 1.85. The van der Waals surface area contributed by atoms with E-state index >= 15 is 0 Å². The van der Waals surface area contributed by atoms with Crippen LogP contribution >= 0.6 is 0 Å². The van der Waals surface area contributed by atoms with Crippen molar-refractivity contribution in [1.82, 2.24) is 9.78 Å². The summed E-state index contributed by atoms with van der Waals surface area (Å²) in [7, 11) is 0. The zero-order chi connectivity index (χ0) is 9.26. The van der Waals surface area contributed by atoms with Crippen LogP contribution in [0.15, 0.2) is 24.4 Å². The van der Waals surface area contributed by atoms with Crippen molar-refractivity contribution in [2.75, 3.05) is 0 Å². The molecule has 0 aliphatic heterocycles. The normalized spacial score (nSPS) is 10.5. The number of nitrogens with zero attached hydrogens (tertiary/aromatic N) is 2. The van der Waals surface area contributed by atoms with Gasteiger partial charge in [0.05, 0.1) is 11.7 Å². The lowest BCUT2D eigenvalue weighted by molar-refractivity contribution is 0.112. The van der Waals surface area contributed by atoms with Gasteiger partial charge in [-0.15, -0.1) is 0 Å². The van der Waals surface area contributed by atoms with E-state index in [0.29, 0.717) is 5.56 Å². The molecule has 3 nitrogen and oxygen atoms in total. The van der Waals surface area contributed by atoms with Crippen LogP contribution in [0.4, 0.5) is 0 Å². The molecular formula is C10H10N2O. The summed E-state index contributed by atoms with van der Waals surface area (Å²) in [4.78, 5) is 10.7. The average Bonchev–Trinajstić information content (AvgIpc) is 2.60. The third kappa shape index (κ3) is 1.13. The Morgan fingerprint density at radius 1 is 1.54 bits per heavy atom. The van der Waals surface area contributed by atoms with E-state index < -0.39 is 0 Å². The number of aryl methyl sites for hydroxylation is 1. The van der Waals surface area contributed by atoms with E-state index in [-0.39, 0.29) is 0 Å². The SMILES string of the molecule is CCn1ncc2c(C=O)cccc21. The lowest BCUT2D eigenvalue weighted by Gasteiger charge is -1.97. The van der Waals surface area contributed by atoms with Crippen molar-refractivity contribution in [3.05, 3.63) is 30.0 Å². The second-order valence-electron chi connectivity index (χ2n) is 2.86. The first kappa shape index (κ1) is 7.98.